The second kappa shape index (κ2) is 8.43. The van der Waals surface area contributed by atoms with Crippen LogP contribution in [0.3, 0.4) is 0 Å². The molecule has 0 radical (unpaired) electrons. The minimum Gasteiger partial charge on any atom is -0.381 e. The number of halogens is 1. The highest BCUT2D eigenvalue weighted by Gasteiger charge is 2.38. The van der Waals surface area contributed by atoms with Gasteiger partial charge in [-0.05, 0) is 49.9 Å². The normalized spacial score (nSPS) is 22.1. The van der Waals surface area contributed by atoms with Gasteiger partial charge in [-0.3, -0.25) is 4.79 Å². The summed E-state index contributed by atoms with van der Waals surface area (Å²) in [5, 5.41) is 0. The first-order valence-corrected chi connectivity index (χ1v) is 10.1. The number of benzene rings is 1. The molecule has 144 valence electrons. The number of hydrogen-bond acceptors (Lipinski definition) is 6. The molecule has 0 bridgehead atoms. The predicted octanol–water partition coefficient (Wildman–Crippen LogP) is 2.23. The van der Waals surface area contributed by atoms with Crippen LogP contribution in [0.15, 0.2) is 29.2 Å². The van der Waals surface area contributed by atoms with E-state index in [1.165, 1.54) is 0 Å². The summed E-state index contributed by atoms with van der Waals surface area (Å²) in [7, 11) is -4.29. The molecule has 0 aromatic heterocycles. The van der Waals surface area contributed by atoms with Crippen LogP contribution in [0.5, 0.6) is 0 Å². The molecule has 2 fully saturated rings. The summed E-state index contributed by atoms with van der Waals surface area (Å²) in [5.74, 6) is -1.72. The number of sulfonamides is 1. The van der Waals surface area contributed by atoms with Crippen molar-refractivity contribution in [1.29, 1.82) is 0 Å². The summed E-state index contributed by atoms with van der Waals surface area (Å²) >= 11 is 0. The molecule has 7 nitrogen and oxygen atoms in total. The number of hydrogen-bond donors (Lipinski definition) is 0. The van der Waals surface area contributed by atoms with Gasteiger partial charge in [-0.25, -0.2) is 9.23 Å². The lowest BCUT2D eigenvalue weighted by Gasteiger charge is -2.31. The highest BCUT2D eigenvalue weighted by atomic mass is 32.2. The molecule has 3 rings (SSSR count). The van der Waals surface area contributed by atoms with Crippen molar-refractivity contribution >= 4 is 15.9 Å². The van der Waals surface area contributed by atoms with Crippen molar-refractivity contribution in [2.45, 2.75) is 43.3 Å². The lowest BCUT2D eigenvalue weighted by molar-refractivity contribution is -0.250. The molecule has 2 heterocycles. The molecule has 2 aliphatic rings. The zero-order chi connectivity index (χ0) is 18.6. The molecule has 0 spiro atoms. The van der Waals surface area contributed by atoms with Gasteiger partial charge in [0.2, 0.25) is 0 Å². The number of carbonyl (C=O) groups excluding carboxylic acids is 1. The van der Waals surface area contributed by atoms with Gasteiger partial charge >= 0.3 is 0 Å². The fourth-order valence-electron chi connectivity index (χ4n) is 2.92. The molecule has 9 heteroatoms. The van der Waals surface area contributed by atoms with Gasteiger partial charge in [-0.1, -0.05) is 0 Å². The van der Waals surface area contributed by atoms with E-state index in [9.17, 15) is 17.6 Å². The van der Waals surface area contributed by atoms with Gasteiger partial charge in [0.1, 0.15) is 5.82 Å². The minimum atomic E-state index is -4.29. The van der Waals surface area contributed by atoms with Crippen molar-refractivity contribution < 1.29 is 31.9 Å². The molecular weight excluding hydrogens is 365 g/mol. The molecule has 0 aliphatic carbocycles. The molecule has 1 amide bonds. The Bertz CT molecular complexity index is 711. The lowest BCUT2D eigenvalue weighted by Crippen LogP contribution is -2.45. The van der Waals surface area contributed by atoms with Crippen molar-refractivity contribution in [3.63, 3.8) is 0 Å². The third-order valence-electron chi connectivity index (χ3n) is 4.43. The SMILES string of the molecule is O=C(C1CCOCC1)N(OC1CCCCO1)S(=O)(=O)c1ccc(F)cc1. The average Bonchev–Trinajstić information content (AvgIpc) is 2.67. The van der Waals surface area contributed by atoms with Crippen LogP contribution in [0.25, 0.3) is 0 Å². The van der Waals surface area contributed by atoms with Crippen LogP contribution in [0.2, 0.25) is 0 Å². The second-order valence-electron chi connectivity index (χ2n) is 6.31. The molecule has 26 heavy (non-hydrogen) atoms. The maximum atomic E-state index is 13.2. The smallest absolute Gasteiger partial charge is 0.289 e. The van der Waals surface area contributed by atoms with E-state index in [-0.39, 0.29) is 4.90 Å². The third kappa shape index (κ3) is 4.40. The van der Waals surface area contributed by atoms with E-state index in [2.05, 4.69) is 0 Å². The largest absolute Gasteiger partial charge is 0.381 e. The Morgan fingerprint density at radius 3 is 2.38 bits per heavy atom. The van der Waals surface area contributed by atoms with E-state index >= 15 is 0 Å². The summed E-state index contributed by atoms with van der Waals surface area (Å²) < 4.78 is 50.2. The predicted molar refractivity (Wildman–Crippen MR) is 88.7 cm³/mol. The van der Waals surface area contributed by atoms with Crippen molar-refractivity contribution in [3.05, 3.63) is 30.1 Å². The van der Waals surface area contributed by atoms with Crippen LogP contribution < -0.4 is 0 Å². The maximum Gasteiger partial charge on any atom is 0.289 e. The van der Waals surface area contributed by atoms with E-state index in [4.69, 9.17) is 14.3 Å². The van der Waals surface area contributed by atoms with Crippen LogP contribution in [0.4, 0.5) is 4.39 Å². The zero-order valence-electron chi connectivity index (χ0n) is 14.3. The summed E-state index contributed by atoms with van der Waals surface area (Å²) in [6.45, 7) is 1.22. The standard InChI is InChI=1S/C17H22FNO6S/c18-14-4-6-15(7-5-14)26(21,22)19(25-16-3-1-2-10-24-16)17(20)13-8-11-23-12-9-13/h4-7,13,16H,1-3,8-12H2. The number of nitrogens with zero attached hydrogens (tertiary/aromatic N) is 1. The number of hydroxylamine groups is 1. The van der Waals surface area contributed by atoms with Crippen molar-refractivity contribution in [1.82, 2.24) is 4.47 Å². The molecule has 2 saturated heterocycles. The summed E-state index contributed by atoms with van der Waals surface area (Å²) in [4.78, 5) is 18.2. The fraction of sp³-hybridized carbons (Fsp3) is 0.588. The molecule has 2 aliphatic heterocycles. The van der Waals surface area contributed by atoms with Crippen molar-refractivity contribution in [3.8, 4) is 0 Å². The van der Waals surface area contributed by atoms with Gasteiger partial charge in [0.05, 0.1) is 4.90 Å². The van der Waals surface area contributed by atoms with E-state index in [1.807, 2.05) is 0 Å². The quantitative estimate of drug-likeness (QED) is 0.721. The van der Waals surface area contributed by atoms with Gasteiger partial charge in [0, 0.05) is 32.2 Å². The van der Waals surface area contributed by atoms with Crippen LogP contribution in [0, 0.1) is 11.7 Å². The number of ether oxygens (including phenoxy) is 2. The first kappa shape index (κ1) is 19.2. The fourth-order valence-corrected chi connectivity index (χ4v) is 4.19. The Morgan fingerprint density at radius 2 is 1.77 bits per heavy atom. The van der Waals surface area contributed by atoms with Crippen LogP contribution in [0.1, 0.15) is 32.1 Å². The van der Waals surface area contributed by atoms with Gasteiger partial charge < -0.3 is 9.47 Å². The number of carbonyl (C=O) groups is 1. The average molecular weight is 387 g/mol. The number of amides is 1. The second-order valence-corrected chi connectivity index (χ2v) is 8.07. The monoisotopic (exact) mass is 387 g/mol. The Kier molecular flexibility index (Phi) is 6.23. The van der Waals surface area contributed by atoms with Crippen molar-refractivity contribution in [2.75, 3.05) is 19.8 Å². The van der Waals surface area contributed by atoms with Gasteiger partial charge in [0.15, 0.2) is 6.29 Å². The van der Waals surface area contributed by atoms with E-state index in [1.54, 1.807) is 0 Å². The van der Waals surface area contributed by atoms with E-state index in [0.29, 0.717) is 43.6 Å². The minimum absolute atomic E-state index is 0.213. The molecular formula is C17H22FNO6S. The topological polar surface area (TPSA) is 82.1 Å². The van der Waals surface area contributed by atoms with E-state index < -0.39 is 34.0 Å². The zero-order valence-corrected chi connectivity index (χ0v) is 15.1. The van der Waals surface area contributed by atoms with E-state index in [0.717, 1.165) is 37.1 Å². The Balaban J connectivity index is 1.87. The Hall–Kier alpha value is -1.55. The summed E-state index contributed by atoms with van der Waals surface area (Å²) in [6, 6.07) is 4.28. The molecule has 0 saturated carbocycles. The third-order valence-corrected chi connectivity index (χ3v) is 6.00. The van der Waals surface area contributed by atoms with Crippen LogP contribution in [-0.4, -0.2) is 44.9 Å². The summed E-state index contributed by atoms with van der Waals surface area (Å²) in [6.07, 6.45) is 2.21. The van der Waals surface area contributed by atoms with Crippen LogP contribution in [-0.2, 0) is 29.1 Å². The molecule has 1 aromatic rings. The van der Waals surface area contributed by atoms with Crippen molar-refractivity contribution in [2.24, 2.45) is 5.92 Å². The molecule has 1 aromatic carbocycles. The lowest BCUT2D eigenvalue weighted by atomic mass is 10.00. The molecule has 1 atom stereocenters. The highest BCUT2D eigenvalue weighted by Crippen LogP contribution is 2.26. The highest BCUT2D eigenvalue weighted by molar-refractivity contribution is 7.89. The first-order chi connectivity index (χ1) is 12.5. The van der Waals surface area contributed by atoms with Gasteiger partial charge in [0.25, 0.3) is 15.9 Å². The number of rotatable bonds is 5. The molecule has 1 unspecified atom stereocenters. The Morgan fingerprint density at radius 1 is 1.08 bits per heavy atom. The first-order valence-electron chi connectivity index (χ1n) is 8.69. The summed E-state index contributed by atoms with van der Waals surface area (Å²) in [5.41, 5.74) is 0. The maximum absolute atomic E-state index is 13.2. The molecule has 0 N–H and O–H groups in total. The van der Waals surface area contributed by atoms with Gasteiger partial charge in [-0.15, -0.1) is 4.47 Å². The van der Waals surface area contributed by atoms with Gasteiger partial charge in [-0.2, -0.15) is 8.42 Å². The van der Waals surface area contributed by atoms with Crippen LogP contribution >= 0.6 is 0 Å². The Labute approximate surface area is 152 Å².